The molecule has 1 aliphatic heterocycles. The van der Waals surface area contributed by atoms with Gasteiger partial charge in [-0.3, -0.25) is 4.90 Å². The zero-order valence-electron chi connectivity index (χ0n) is 12.8. The predicted molar refractivity (Wildman–Crippen MR) is 77.7 cm³/mol. The molecule has 0 saturated carbocycles. The highest BCUT2D eigenvalue weighted by Crippen LogP contribution is 2.32. The largest absolute Gasteiger partial charge is 0.470 e. The number of rotatable bonds is 3. The molecule has 1 aromatic heterocycles. The third kappa shape index (κ3) is 3.90. The first-order chi connectivity index (χ1) is 10.9. The number of hydrogen-bond donors (Lipinski definition) is 0. The number of nitrogens with zero attached hydrogens (tertiary/aromatic N) is 3. The van der Waals surface area contributed by atoms with Crippen molar-refractivity contribution in [3.8, 4) is 0 Å². The average molecular weight is 325 g/mol. The van der Waals surface area contributed by atoms with Gasteiger partial charge in [-0.2, -0.15) is 13.2 Å². The van der Waals surface area contributed by atoms with Crippen molar-refractivity contribution in [2.75, 3.05) is 13.1 Å². The van der Waals surface area contributed by atoms with E-state index in [2.05, 4.69) is 40.2 Å². The van der Waals surface area contributed by atoms with Crippen LogP contribution in [0, 0.1) is 6.92 Å². The number of aryl methyl sites for hydroxylation is 1. The van der Waals surface area contributed by atoms with Gasteiger partial charge in [0.05, 0.1) is 0 Å². The van der Waals surface area contributed by atoms with Crippen LogP contribution in [-0.4, -0.2) is 28.2 Å². The first kappa shape index (κ1) is 16.0. The third-order valence-electron chi connectivity index (χ3n) is 4.11. The molecule has 0 aliphatic carbocycles. The summed E-state index contributed by atoms with van der Waals surface area (Å²) in [5.74, 6) is -1.24. The first-order valence-corrected chi connectivity index (χ1v) is 7.60. The van der Waals surface area contributed by atoms with E-state index >= 15 is 0 Å². The molecule has 0 radical (unpaired) electrons. The lowest BCUT2D eigenvalue weighted by atomic mass is 9.96. The van der Waals surface area contributed by atoms with Crippen LogP contribution in [0.2, 0.25) is 0 Å². The topological polar surface area (TPSA) is 42.2 Å². The van der Waals surface area contributed by atoms with Crippen LogP contribution in [0.1, 0.15) is 41.7 Å². The Morgan fingerprint density at radius 3 is 2.57 bits per heavy atom. The van der Waals surface area contributed by atoms with Crippen LogP contribution < -0.4 is 0 Å². The van der Waals surface area contributed by atoms with Crippen molar-refractivity contribution in [1.29, 1.82) is 0 Å². The van der Waals surface area contributed by atoms with Crippen molar-refractivity contribution in [2.24, 2.45) is 0 Å². The summed E-state index contributed by atoms with van der Waals surface area (Å²) < 4.78 is 42.3. The second-order valence-electron chi connectivity index (χ2n) is 5.98. The minimum Gasteiger partial charge on any atom is -0.417 e. The van der Waals surface area contributed by atoms with Crippen LogP contribution in [0.3, 0.4) is 0 Å². The standard InChI is InChI=1S/C16H18F3N3O/c1-11-3-2-4-12(9-11)10-22-7-5-13(6-8-22)14-20-21-15(23-14)16(17,18)19/h2-4,9,13H,5-8,10H2,1H3. The fourth-order valence-electron chi connectivity index (χ4n) is 2.92. The van der Waals surface area contributed by atoms with Gasteiger partial charge in [0.15, 0.2) is 0 Å². The highest BCUT2D eigenvalue weighted by atomic mass is 19.4. The maximum atomic E-state index is 12.5. The first-order valence-electron chi connectivity index (χ1n) is 7.60. The molecule has 0 unspecified atom stereocenters. The van der Waals surface area contributed by atoms with Gasteiger partial charge in [-0.1, -0.05) is 29.8 Å². The maximum Gasteiger partial charge on any atom is 0.470 e. The summed E-state index contributed by atoms with van der Waals surface area (Å²) in [4.78, 5) is 2.30. The molecular formula is C16H18F3N3O. The van der Waals surface area contributed by atoms with E-state index in [1.165, 1.54) is 11.1 Å². The predicted octanol–water partition coefficient (Wildman–Crippen LogP) is 3.78. The van der Waals surface area contributed by atoms with E-state index < -0.39 is 12.1 Å². The van der Waals surface area contributed by atoms with Gasteiger partial charge in [0.2, 0.25) is 5.89 Å². The molecule has 2 aromatic rings. The molecule has 0 amide bonds. The summed E-state index contributed by atoms with van der Waals surface area (Å²) in [6.45, 7) is 4.53. The lowest BCUT2D eigenvalue weighted by Crippen LogP contribution is -2.32. The Hall–Kier alpha value is -1.89. The van der Waals surface area contributed by atoms with Gasteiger partial charge in [-0.05, 0) is 38.4 Å². The Balaban J connectivity index is 1.57. The minimum absolute atomic E-state index is 0.0904. The van der Waals surface area contributed by atoms with Crippen molar-refractivity contribution in [3.05, 3.63) is 47.2 Å². The van der Waals surface area contributed by atoms with Gasteiger partial charge in [-0.25, -0.2) is 0 Å². The summed E-state index contributed by atoms with van der Waals surface area (Å²) in [5.41, 5.74) is 2.48. The van der Waals surface area contributed by atoms with Crippen LogP contribution in [-0.2, 0) is 12.7 Å². The average Bonchev–Trinajstić information content (AvgIpc) is 2.98. The van der Waals surface area contributed by atoms with Crippen LogP contribution >= 0.6 is 0 Å². The summed E-state index contributed by atoms with van der Waals surface area (Å²) >= 11 is 0. The number of alkyl halides is 3. The number of hydrogen-bond acceptors (Lipinski definition) is 4. The van der Waals surface area contributed by atoms with E-state index in [-0.39, 0.29) is 11.8 Å². The molecule has 0 spiro atoms. The molecule has 0 bridgehead atoms. The van der Waals surface area contributed by atoms with Gasteiger partial charge < -0.3 is 4.42 Å². The summed E-state index contributed by atoms with van der Waals surface area (Å²) in [6.07, 6.45) is -3.12. The number of likely N-dealkylation sites (tertiary alicyclic amines) is 1. The molecule has 1 fully saturated rings. The monoisotopic (exact) mass is 325 g/mol. The Morgan fingerprint density at radius 2 is 1.96 bits per heavy atom. The van der Waals surface area contributed by atoms with E-state index in [4.69, 9.17) is 4.42 Å². The van der Waals surface area contributed by atoms with Gasteiger partial charge >= 0.3 is 12.1 Å². The molecule has 7 heteroatoms. The molecule has 23 heavy (non-hydrogen) atoms. The van der Waals surface area contributed by atoms with Crippen molar-refractivity contribution in [3.63, 3.8) is 0 Å². The Kier molecular flexibility index (Phi) is 4.39. The second-order valence-corrected chi connectivity index (χ2v) is 5.98. The number of benzene rings is 1. The molecule has 1 aromatic carbocycles. The van der Waals surface area contributed by atoms with E-state index in [9.17, 15) is 13.2 Å². The Labute approximate surface area is 132 Å². The molecule has 0 N–H and O–H groups in total. The molecule has 4 nitrogen and oxygen atoms in total. The molecule has 2 heterocycles. The molecule has 0 atom stereocenters. The highest BCUT2D eigenvalue weighted by Gasteiger charge is 2.39. The number of halogens is 3. The van der Waals surface area contributed by atoms with Crippen LogP contribution in [0.25, 0.3) is 0 Å². The zero-order chi connectivity index (χ0) is 16.4. The summed E-state index contributed by atoms with van der Waals surface area (Å²) in [5, 5.41) is 6.68. The second kappa shape index (κ2) is 6.31. The van der Waals surface area contributed by atoms with E-state index in [0.717, 1.165) is 32.5 Å². The fourth-order valence-corrected chi connectivity index (χ4v) is 2.92. The van der Waals surface area contributed by atoms with Crippen LogP contribution in [0.15, 0.2) is 28.7 Å². The van der Waals surface area contributed by atoms with Gasteiger partial charge in [0.1, 0.15) is 0 Å². The van der Waals surface area contributed by atoms with Crippen molar-refractivity contribution in [2.45, 2.75) is 38.4 Å². The molecule has 1 saturated heterocycles. The van der Waals surface area contributed by atoms with Crippen LogP contribution in [0.4, 0.5) is 13.2 Å². The van der Waals surface area contributed by atoms with Crippen molar-refractivity contribution in [1.82, 2.24) is 15.1 Å². The summed E-state index contributed by atoms with van der Waals surface area (Å²) in [7, 11) is 0. The summed E-state index contributed by atoms with van der Waals surface area (Å²) in [6, 6.07) is 8.34. The lowest BCUT2D eigenvalue weighted by molar-refractivity contribution is -0.157. The lowest BCUT2D eigenvalue weighted by Gasteiger charge is -2.30. The van der Waals surface area contributed by atoms with E-state index in [1.54, 1.807) is 0 Å². The minimum atomic E-state index is -4.57. The zero-order valence-corrected chi connectivity index (χ0v) is 12.8. The smallest absolute Gasteiger partial charge is 0.417 e. The Bertz CT molecular complexity index is 661. The molecule has 1 aliphatic rings. The molecule has 3 rings (SSSR count). The van der Waals surface area contributed by atoms with Gasteiger partial charge in [0, 0.05) is 12.5 Å². The number of piperidine rings is 1. The van der Waals surface area contributed by atoms with Crippen molar-refractivity contribution >= 4 is 0 Å². The van der Waals surface area contributed by atoms with E-state index in [1.807, 2.05) is 6.07 Å². The van der Waals surface area contributed by atoms with Crippen molar-refractivity contribution < 1.29 is 17.6 Å². The number of aromatic nitrogens is 2. The van der Waals surface area contributed by atoms with Crippen LogP contribution in [0.5, 0.6) is 0 Å². The highest BCUT2D eigenvalue weighted by molar-refractivity contribution is 5.22. The van der Waals surface area contributed by atoms with Gasteiger partial charge in [0.25, 0.3) is 0 Å². The SMILES string of the molecule is Cc1cccc(CN2CCC(c3nnc(C(F)(F)F)o3)CC2)c1. The molecular weight excluding hydrogens is 307 g/mol. The maximum absolute atomic E-state index is 12.5. The molecule has 124 valence electrons. The quantitative estimate of drug-likeness (QED) is 0.861. The Morgan fingerprint density at radius 1 is 1.22 bits per heavy atom. The normalized spacial score (nSPS) is 17.6. The fraction of sp³-hybridized carbons (Fsp3) is 0.500. The van der Waals surface area contributed by atoms with Gasteiger partial charge in [-0.15, -0.1) is 10.2 Å². The third-order valence-corrected chi connectivity index (χ3v) is 4.11. The van der Waals surface area contributed by atoms with E-state index in [0.29, 0.717) is 0 Å².